The molecule has 5 rings (SSSR count). The fourth-order valence-electron chi connectivity index (χ4n) is 5.31. The normalized spacial score (nSPS) is 27.9. The highest BCUT2D eigenvalue weighted by Crippen LogP contribution is 2.44. The second-order valence-corrected chi connectivity index (χ2v) is 9.14. The number of hydrogen-bond acceptors (Lipinski definition) is 5. The minimum Gasteiger partial charge on any atom is -0.381 e. The molecule has 0 aromatic carbocycles. The van der Waals surface area contributed by atoms with Crippen molar-refractivity contribution in [1.29, 1.82) is 5.26 Å². The Balaban J connectivity index is 1.58. The Morgan fingerprint density at radius 3 is 2.97 bits per heavy atom. The number of nitriles is 1. The first kappa shape index (κ1) is 19.0. The number of fused-ring (bicyclic) bond motifs is 1. The predicted octanol–water partition coefficient (Wildman–Crippen LogP) is 2.19. The fourth-order valence-corrected chi connectivity index (χ4v) is 5.31. The molecule has 0 spiro atoms. The first-order valence-electron chi connectivity index (χ1n) is 11.1. The number of anilines is 1. The van der Waals surface area contributed by atoms with Gasteiger partial charge < -0.3 is 15.0 Å². The average Bonchev–Trinajstić information content (AvgIpc) is 3.14. The number of ether oxygens (including phenoxy) is 1. The fraction of sp³-hybridized carbons (Fsp3) is 0.636. The van der Waals surface area contributed by atoms with E-state index >= 15 is 0 Å². The zero-order valence-electron chi connectivity index (χ0n) is 17.6. The van der Waals surface area contributed by atoms with Gasteiger partial charge >= 0.3 is 0 Å². The molecule has 6 nitrogen and oxygen atoms in total. The van der Waals surface area contributed by atoms with E-state index in [9.17, 15) is 5.26 Å². The van der Waals surface area contributed by atoms with Crippen molar-refractivity contribution in [3.05, 3.63) is 34.1 Å². The number of rotatable bonds is 2. The third-order valence-electron chi connectivity index (χ3n) is 7.28. The Morgan fingerprint density at radius 2 is 2.17 bits per heavy atom. The van der Waals surface area contributed by atoms with Crippen molar-refractivity contribution in [1.82, 2.24) is 15.1 Å². The number of hydrogen-bond donors (Lipinski definition) is 1. The van der Waals surface area contributed by atoms with Crippen LogP contribution in [0.3, 0.4) is 0 Å². The highest BCUT2D eigenvalue weighted by Gasteiger charge is 2.38. The molecule has 1 aliphatic carbocycles. The number of nitrogens with zero attached hydrogens (tertiary/aromatic N) is 4. The number of aromatic nitrogens is 2. The molecule has 1 aromatic rings. The van der Waals surface area contributed by atoms with Crippen LogP contribution in [0.5, 0.6) is 0 Å². The molecule has 1 aromatic heterocycles. The van der Waals surface area contributed by atoms with E-state index in [4.69, 9.17) is 9.84 Å². The lowest BCUT2D eigenvalue weighted by molar-refractivity contribution is 0.0653. The van der Waals surface area contributed by atoms with Gasteiger partial charge in [-0.25, -0.2) is 0 Å². The van der Waals surface area contributed by atoms with Crippen LogP contribution in [-0.4, -0.2) is 43.9 Å². The Labute approximate surface area is 174 Å². The molecule has 4 heterocycles. The minimum absolute atomic E-state index is 0.421. The lowest BCUT2D eigenvalue weighted by Crippen LogP contribution is -2.36. The summed E-state index contributed by atoms with van der Waals surface area (Å²) in [5, 5.41) is 18.7. The van der Waals surface area contributed by atoms with Crippen molar-refractivity contribution >= 4 is 13.7 Å². The lowest BCUT2D eigenvalue weighted by atomic mass is 9.65. The van der Waals surface area contributed by atoms with Gasteiger partial charge in [0.05, 0.1) is 17.5 Å². The van der Waals surface area contributed by atoms with Gasteiger partial charge in [0.25, 0.3) is 0 Å². The number of allylic oxidation sites excluding steroid dienone is 4. The van der Waals surface area contributed by atoms with Crippen LogP contribution in [0.4, 0.5) is 5.82 Å². The van der Waals surface area contributed by atoms with Gasteiger partial charge in [-0.05, 0) is 38.2 Å². The summed E-state index contributed by atoms with van der Waals surface area (Å²) in [6.07, 6.45) is 8.42. The zero-order chi connectivity index (χ0) is 20.0. The minimum atomic E-state index is -0.421. The SMILES string of the molecule is BC1=CC2=C(CC1(C)C#N)N(c1nn(C3CCOCC3)c3c1CNCC3)CCC2. The van der Waals surface area contributed by atoms with Crippen LogP contribution < -0.4 is 10.2 Å². The van der Waals surface area contributed by atoms with Crippen molar-refractivity contribution < 1.29 is 4.74 Å². The molecular weight excluding hydrogens is 361 g/mol. The van der Waals surface area contributed by atoms with E-state index < -0.39 is 5.41 Å². The van der Waals surface area contributed by atoms with Crippen molar-refractivity contribution in [3.63, 3.8) is 0 Å². The van der Waals surface area contributed by atoms with Crippen LogP contribution >= 0.6 is 0 Å². The lowest BCUT2D eigenvalue weighted by Gasteiger charge is -2.39. The Hall–Kier alpha value is -2.04. The third-order valence-corrected chi connectivity index (χ3v) is 7.28. The van der Waals surface area contributed by atoms with Gasteiger partial charge in [0.1, 0.15) is 7.85 Å². The molecule has 0 saturated carbocycles. The Bertz CT molecular complexity index is 920. The quantitative estimate of drug-likeness (QED) is 0.783. The molecule has 1 saturated heterocycles. The zero-order valence-corrected chi connectivity index (χ0v) is 17.6. The Kier molecular flexibility index (Phi) is 4.80. The molecule has 3 aliphatic heterocycles. The standard InChI is InChI=1S/C22H30BN5O/c1-22(14-24)12-19-15(11-20(22)23)3-2-8-27(19)21-17-13-25-7-4-18(17)28(26-21)16-5-9-29-10-6-16/h11,16,25H,2-10,12-13,23H2,1H3. The third kappa shape index (κ3) is 3.14. The largest absolute Gasteiger partial charge is 0.381 e. The summed E-state index contributed by atoms with van der Waals surface area (Å²) in [7, 11) is 2.11. The highest BCUT2D eigenvalue weighted by atomic mass is 16.5. The van der Waals surface area contributed by atoms with Crippen molar-refractivity contribution in [2.75, 3.05) is 31.2 Å². The van der Waals surface area contributed by atoms with Gasteiger partial charge in [-0.3, -0.25) is 4.68 Å². The van der Waals surface area contributed by atoms with Crippen LogP contribution in [0, 0.1) is 16.7 Å². The average molecular weight is 391 g/mol. The van der Waals surface area contributed by atoms with E-state index in [2.05, 4.69) is 41.8 Å². The smallest absolute Gasteiger partial charge is 0.159 e. The first-order chi connectivity index (χ1) is 14.1. The summed E-state index contributed by atoms with van der Waals surface area (Å²) in [6.45, 7) is 6.63. The topological polar surface area (TPSA) is 66.1 Å². The van der Waals surface area contributed by atoms with E-state index in [0.29, 0.717) is 6.04 Å². The Morgan fingerprint density at radius 1 is 1.34 bits per heavy atom. The maximum absolute atomic E-state index is 9.86. The van der Waals surface area contributed by atoms with Crippen LogP contribution in [0.15, 0.2) is 22.8 Å². The summed E-state index contributed by atoms with van der Waals surface area (Å²) in [5.74, 6) is 1.12. The van der Waals surface area contributed by atoms with Crippen LogP contribution in [0.25, 0.3) is 0 Å². The summed E-state index contributed by atoms with van der Waals surface area (Å²) in [4.78, 5) is 2.44. The monoisotopic (exact) mass is 391 g/mol. The number of nitrogens with one attached hydrogen (secondary N) is 1. The molecular formula is C22H30BN5O. The summed E-state index contributed by atoms with van der Waals surface area (Å²) < 4.78 is 7.93. The van der Waals surface area contributed by atoms with Crippen LogP contribution in [0.2, 0.25) is 0 Å². The van der Waals surface area contributed by atoms with Gasteiger partial charge in [0.2, 0.25) is 0 Å². The van der Waals surface area contributed by atoms with Crippen LogP contribution in [-0.2, 0) is 17.7 Å². The van der Waals surface area contributed by atoms with Crippen molar-refractivity contribution in [3.8, 4) is 6.07 Å². The first-order valence-corrected chi connectivity index (χ1v) is 11.1. The van der Waals surface area contributed by atoms with Crippen molar-refractivity contribution in [2.45, 2.75) is 58.0 Å². The summed E-state index contributed by atoms with van der Waals surface area (Å²) in [6, 6.07) is 3.02. The van der Waals surface area contributed by atoms with Gasteiger partial charge in [-0.2, -0.15) is 10.4 Å². The maximum atomic E-state index is 9.86. The summed E-state index contributed by atoms with van der Waals surface area (Å²) >= 11 is 0. The summed E-state index contributed by atoms with van der Waals surface area (Å²) in [5.41, 5.74) is 6.26. The van der Waals surface area contributed by atoms with E-state index in [1.807, 2.05) is 0 Å². The second-order valence-electron chi connectivity index (χ2n) is 9.14. The molecule has 0 bridgehead atoms. The molecule has 29 heavy (non-hydrogen) atoms. The molecule has 1 unspecified atom stereocenters. The van der Waals surface area contributed by atoms with Crippen LogP contribution in [0.1, 0.15) is 56.3 Å². The highest BCUT2D eigenvalue weighted by molar-refractivity contribution is 6.23. The molecule has 1 fully saturated rings. The van der Waals surface area contributed by atoms with E-state index in [0.717, 1.165) is 77.2 Å². The second kappa shape index (κ2) is 7.34. The van der Waals surface area contributed by atoms with Gasteiger partial charge in [0.15, 0.2) is 5.82 Å². The molecule has 1 atom stereocenters. The van der Waals surface area contributed by atoms with E-state index in [1.54, 1.807) is 0 Å². The van der Waals surface area contributed by atoms with E-state index in [1.165, 1.54) is 28.0 Å². The maximum Gasteiger partial charge on any atom is 0.159 e. The van der Waals surface area contributed by atoms with Crippen molar-refractivity contribution in [2.24, 2.45) is 5.41 Å². The molecule has 0 radical (unpaired) electrons. The predicted molar refractivity (Wildman–Crippen MR) is 115 cm³/mol. The van der Waals surface area contributed by atoms with Gasteiger partial charge in [0, 0.05) is 62.6 Å². The molecule has 152 valence electrons. The molecule has 1 N–H and O–H groups in total. The van der Waals surface area contributed by atoms with E-state index in [-0.39, 0.29) is 0 Å². The van der Waals surface area contributed by atoms with Gasteiger partial charge in [-0.1, -0.05) is 11.5 Å². The van der Waals surface area contributed by atoms with Gasteiger partial charge in [-0.15, -0.1) is 0 Å². The molecule has 0 amide bonds. The molecule has 7 heteroatoms. The molecule has 4 aliphatic rings.